The van der Waals surface area contributed by atoms with Crippen molar-refractivity contribution in [2.75, 3.05) is 0 Å². The zero-order valence-electron chi connectivity index (χ0n) is 10.6. The van der Waals surface area contributed by atoms with Gasteiger partial charge < -0.3 is 0 Å². The second-order valence-corrected chi connectivity index (χ2v) is 5.42. The highest BCUT2D eigenvalue weighted by molar-refractivity contribution is 9.08. The van der Waals surface area contributed by atoms with Gasteiger partial charge in [-0.3, -0.25) is 0 Å². The van der Waals surface area contributed by atoms with Gasteiger partial charge in [0.05, 0.1) is 11.4 Å². The van der Waals surface area contributed by atoms with Crippen LogP contribution < -0.4 is 0 Å². The van der Waals surface area contributed by atoms with E-state index in [0.717, 1.165) is 32.9 Å². The fourth-order valence-electron chi connectivity index (χ4n) is 2.07. The Labute approximate surface area is 131 Å². The quantitative estimate of drug-likeness (QED) is 0.604. The highest BCUT2D eigenvalue weighted by atomic mass is 79.9. The van der Waals surface area contributed by atoms with Crippen LogP contribution in [-0.4, -0.2) is 9.78 Å². The van der Waals surface area contributed by atoms with Crippen molar-refractivity contribution < 1.29 is 0 Å². The van der Waals surface area contributed by atoms with Crippen LogP contribution in [0.15, 0.2) is 60.8 Å². The summed E-state index contributed by atoms with van der Waals surface area (Å²) in [5.74, 6) is 0. The van der Waals surface area contributed by atoms with E-state index in [1.807, 2.05) is 65.5 Å². The Morgan fingerprint density at radius 1 is 1.00 bits per heavy atom. The third-order valence-electron chi connectivity index (χ3n) is 3.07. The van der Waals surface area contributed by atoms with Crippen LogP contribution in [0, 0.1) is 0 Å². The summed E-state index contributed by atoms with van der Waals surface area (Å²) in [6.07, 6.45) is 2.05. The van der Waals surface area contributed by atoms with E-state index in [0.29, 0.717) is 0 Å². The second-order valence-electron chi connectivity index (χ2n) is 4.42. The SMILES string of the molecule is Clc1ccc(-c2nn(-c3ccccc3)cc2CBr)cc1. The average Bonchev–Trinajstić information content (AvgIpc) is 2.93. The van der Waals surface area contributed by atoms with E-state index in [4.69, 9.17) is 16.7 Å². The summed E-state index contributed by atoms with van der Waals surface area (Å²) in [5.41, 5.74) is 4.24. The first-order valence-electron chi connectivity index (χ1n) is 6.24. The summed E-state index contributed by atoms with van der Waals surface area (Å²) in [6, 6.07) is 17.8. The molecule has 1 aromatic heterocycles. The minimum atomic E-state index is 0.733. The van der Waals surface area contributed by atoms with Crippen LogP contribution in [0.1, 0.15) is 5.56 Å². The summed E-state index contributed by atoms with van der Waals surface area (Å²) in [6.45, 7) is 0. The molecule has 0 N–H and O–H groups in total. The van der Waals surface area contributed by atoms with Crippen LogP contribution in [0.4, 0.5) is 0 Å². The molecule has 0 saturated carbocycles. The molecule has 0 saturated heterocycles. The highest BCUT2D eigenvalue weighted by Gasteiger charge is 2.11. The molecular weight excluding hydrogens is 336 g/mol. The summed E-state index contributed by atoms with van der Waals surface area (Å²) in [7, 11) is 0. The van der Waals surface area contributed by atoms with E-state index in [9.17, 15) is 0 Å². The van der Waals surface area contributed by atoms with Gasteiger partial charge in [-0.1, -0.05) is 57.9 Å². The Bertz CT molecular complexity index is 705. The van der Waals surface area contributed by atoms with Gasteiger partial charge in [0, 0.05) is 27.7 Å². The number of aromatic nitrogens is 2. The molecule has 0 unspecified atom stereocenters. The molecule has 0 bridgehead atoms. The lowest BCUT2D eigenvalue weighted by molar-refractivity contribution is 0.884. The lowest BCUT2D eigenvalue weighted by Gasteiger charge is -2.00. The first-order valence-corrected chi connectivity index (χ1v) is 7.74. The molecule has 3 rings (SSSR count). The van der Waals surface area contributed by atoms with Gasteiger partial charge in [-0.2, -0.15) is 5.10 Å². The van der Waals surface area contributed by atoms with Crippen LogP contribution in [0.2, 0.25) is 5.02 Å². The van der Waals surface area contributed by atoms with Crippen molar-refractivity contribution in [2.24, 2.45) is 0 Å². The maximum absolute atomic E-state index is 5.94. The van der Waals surface area contributed by atoms with Crippen molar-refractivity contribution in [3.8, 4) is 16.9 Å². The maximum atomic E-state index is 5.94. The third kappa shape index (κ3) is 2.65. The number of hydrogen-bond donors (Lipinski definition) is 0. The van der Waals surface area contributed by atoms with Crippen molar-refractivity contribution in [3.05, 3.63) is 71.4 Å². The smallest absolute Gasteiger partial charge is 0.0968 e. The predicted molar refractivity (Wildman–Crippen MR) is 86.6 cm³/mol. The molecular formula is C16H12BrClN2. The first kappa shape index (κ1) is 13.4. The minimum absolute atomic E-state index is 0.733. The topological polar surface area (TPSA) is 17.8 Å². The van der Waals surface area contributed by atoms with Gasteiger partial charge in [-0.25, -0.2) is 4.68 Å². The standard InChI is InChI=1S/C16H12BrClN2/c17-10-13-11-20(15-4-2-1-3-5-15)19-16(13)12-6-8-14(18)9-7-12/h1-9,11H,10H2. The number of halogens is 2. The molecule has 0 fully saturated rings. The zero-order chi connectivity index (χ0) is 13.9. The number of para-hydroxylation sites is 1. The van der Waals surface area contributed by atoms with Crippen LogP contribution in [0.25, 0.3) is 16.9 Å². The van der Waals surface area contributed by atoms with E-state index in [1.54, 1.807) is 0 Å². The van der Waals surface area contributed by atoms with Gasteiger partial charge in [0.15, 0.2) is 0 Å². The molecule has 0 aliphatic carbocycles. The average molecular weight is 348 g/mol. The molecule has 20 heavy (non-hydrogen) atoms. The number of benzene rings is 2. The largest absolute Gasteiger partial charge is 0.240 e. The van der Waals surface area contributed by atoms with Gasteiger partial charge in [0.1, 0.15) is 0 Å². The second kappa shape index (κ2) is 5.81. The van der Waals surface area contributed by atoms with Crippen LogP contribution >= 0.6 is 27.5 Å². The van der Waals surface area contributed by atoms with Crippen molar-refractivity contribution >= 4 is 27.5 Å². The summed E-state index contributed by atoms with van der Waals surface area (Å²) in [5, 5.41) is 6.19. The van der Waals surface area contributed by atoms with Gasteiger partial charge >= 0.3 is 0 Å². The monoisotopic (exact) mass is 346 g/mol. The molecule has 0 amide bonds. The Balaban J connectivity index is 2.07. The summed E-state index contributed by atoms with van der Waals surface area (Å²) in [4.78, 5) is 0. The predicted octanol–water partition coefficient (Wildman–Crippen LogP) is 5.09. The summed E-state index contributed by atoms with van der Waals surface area (Å²) < 4.78 is 1.90. The van der Waals surface area contributed by atoms with Crippen LogP contribution in [0.5, 0.6) is 0 Å². The van der Waals surface area contributed by atoms with Crippen LogP contribution in [0.3, 0.4) is 0 Å². The Morgan fingerprint density at radius 2 is 1.70 bits per heavy atom. The minimum Gasteiger partial charge on any atom is -0.240 e. The highest BCUT2D eigenvalue weighted by Crippen LogP contribution is 2.26. The Kier molecular flexibility index (Phi) is 3.90. The normalized spacial score (nSPS) is 10.7. The van der Waals surface area contributed by atoms with E-state index in [-0.39, 0.29) is 0 Å². The Morgan fingerprint density at radius 3 is 2.35 bits per heavy atom. The van der Waals surface area contributed by atoms with E-state index >= 15 is 0 Å². The molecule has 3 aromatic rings. The number of rotatable bonds is 3. The number of hydrogen-bond acceptors (Lipinski definition) is 1. The lowest BCUT2D eigenvalue weighted by atomic mass is 10.1. The van der Waals surface area contributed by atoms with Gasteiger partial charge in [0.25, 0.3) is 0 Å². The molecule has 0 aliphatic rings. The van der Waals surface area contributed by atoms with Crippen molar-refractivity contribution in [1.29, 1.82) is 0 Å². The fraction of sp³-hybridized carbons (Fsp3) is 0.0625. The van der Waals surface area contributed by atoms with Crippen LogP contribution in [-0.2, 0) is 5.33 Å². The molecule has 0 atom stereocenters. The number of nitrogens with zero attached hydrogens (tertiary/aromatic N) is 2. The van der Waals surface area contributed by atoms with Gasteiger partial charge in [-0.05, 0) is 24.3 Å². The number of alkyl halides is 1. The maximum Gasteiger partial charge on any atom is 0.0968 e. The van der Waals surface area contributed by atoms with Crippen molar-refractivity contribution in [1.82, 2.24) is 9.78 Å². The molecule has 2 nitrogen and oxygen atoms in total. The molecule has 4 heteroatoms. The first-order chi connectivity index (χ1) is 9.78. The lowest BCUT2D eigenvalue weighted by Crippen LogP contribution is -1.93. The Hall–Kier alpha value is -1.58. The molecule has 1 heterocycles. The van der Waals surface area contributed by atoms with E-state index in [2.05, 4.69) is 15.9 Å². The fourth-order valence-corrected chi connectivity index (χ4v) is 2.61. The van der Waals surface area contributed by atoms with E-state index in [1.165, 1.54) is 0 Å². The van der Waals surface area contributed by atoms with Gasteiger partial charge in [0.2, 0.25) is 0 Å². The van der Waals surface area contributed by atoms with Crippen molar-refractivity contribution in [3.63, 3.8) is 0 Å². The van der Waals surface area contributed by atoms with E-state index < -0.39 is 0 Å². The van der Waals surface area contributed by atoms with Gasteiger partial charge in [-0.15, -0.1) is 0 Å². The zero-order valence-corrected chi connectivity index (χ0v) is 13.0. The van der Waals surface area contributed by atoms with Crippen molar-refractivity contribution in [2.45, 2.75) is 5.33 Å². The summed E-state index contributed by atoms with van der Waals surface area (Å²) >= 11 is 9.47. The molecule has 0 spiro atoms. The molecule has 0 aliphatic heterocycles. The molecule has 0 radical (unpaired) electrons. The third-order valence-corrected chi connectivity index (χ3v) is 3.93. The molecule has 2 aromatic carbocycles. The molecule has 100 valence electrons.